The quantitative estimate of drug-likeness (QED) is 0.887. The Balaban J connectivity index is 1.95. The molecule has 1 N–H and O–H groups in total. The van der Waals surface area contributed by atoms with E-state index in [1.54, 1.807) is 0 Å². The van der Waals surface area contributed by atoms with Crippen LogP contribution in [-0.2, 0) is 4.74 Å². The number of hydrogen-bond donors (Lipinski definition) is 1. The Labute approximate surface area is 150 Å². The summed E-state index contributed by atoms with van der Waals surface area (Å²) in [5.41, 5.74) is 5.08. The smallest absolute Gasteiger partial charge is 0.125 e. The molecule has 0 aliphatic carbocycles. The standard InChI is InChI=1S/C22H26N2O/c1-4-25-22-20(14-23)19(17-8-6-5-7-9-17)13-21(24-22)18-11-10-15(2)16(3)12-18/h5-12,19-22,24H,4,13H2,1-3H3. The molecular formula is C22H26N2O. The van der Waals surface area contributed by atoms with Crippen LogP contribution in [0.4, 0.5) is 0 Å². The van der Waals surface area contributed by atoms with Crippen molar-refractivity contribution in [2.45, 2.75) is 45.4 Å². The van der Waals surface area contributed by atoms with E-state index in [9.17, 15) is 5.26 Å². The van der Waals surface area contributed by atoms with E-state index in [-0.39, 0.29) is 24.1 Å². The monoisotopic (exact) mass is 334 g/mol. The van der Waals surface area contributed by atoms with Crippen molar-refractivity contribution < 1.29 is 4.74 Å². The summed E-state index contributed by atoms with van der Waals surface area (Å²) >= 11 is 0. The van der Waals surface area contributed by atoms with Gasteiger partial charge in [-0.1, -0.05) is 48.5 Å². The fraction of sp³-hybridized carbons (Fsp3) is 0.409. The largest absolute Gasteiger partial charge is 0.362 e. The summed E-state index contributed by atoms with van der Waals surface area (Å²) in [5, 5.41) is 13.4. The number of aryl methyl sites for hydroxylation is 2. The van der Waals surface area contributed by atoms with Gasteiger partial charge in [0.05, 0.1) is 12.0 Å². The molecule has 2 aromatic rings. The molecule has 130 valence electrons. The van der Waals surface area contributed by atoms with Gasteiger partial charge < -0.3 is 4.74 Å². The highest BCUT2D eigenvalue weighted by Crippen LogP contribution is 2.40. The van der Waals surface area contributed by atoms with Crippen LogP contribution in [-0.4, -0.2) is 12.8 Å². The Morgan fingerprint density at radius 3 is 2.48 bits per heavy atom. The van der Waals surface area contributed by atoms with Gasteiger partial charge in [0.2, 0.25) is 0 Å². The first-order valence-corrected chi connectivity index (χ1v) is 9.03. The molecule has 3 rings (SSSR count). The highest BCUT2D eigenvalue weighted by Gasteiger charge is 2.39. The SMILES string of the molecule is CCOC1NC(c2ccc(C)c(C)c2)CC(c2ccccc2)C1C#N. The molecule has 0 saturated carbocycles. The molecule has 0 bridgehead atoms. The van der Waals surface area contributed by atoms with Crippen molar-refractivity contribution in [3.05, 3.63) is 70.8 Å². The number of nitrogens with one attached hydrogen (secondary N) is 1. The van der Waals surface area contributed by atoms with E-state index in [1.807, 2.05) is 25.1 Å². The molecular weight excluding hydrogens is 308 g/mol. The highest BCUT2D eigenvalue weighted by atomic mass is 16.5. The van der Waals surface area contributed by atoms with E-state index in [2.05, 4.69) is 55.6 Å². The van der Waals surface area contributed by atoms with Crippen molar-refractivity contribution in [3.8, 4) is 6.07 Å². The molecule has 3 heteroatoms. The molecule has 25 heavy (non-hydrogen) atoms. The summed E-state index contributed by atoms with van der Waals surface area (Å²) in [7, 11) is 0. The second kappa shape index (κ2) is 7.82. The molecule has 0 aromatic heterocycles. The van der Waals surface area contributed by atoms with Crippen molar-refractivity contribution in [1.82, 2.24) is 5.32 Å². The van der Waals surface area contributed by atoms with Gasteiger partial charge in [0, 0.05) is 18.6 Å². The highest BCUT2D eigenvalue weighted by molar-refractivity contribution is 5.33. The normalized spacial score (nSPS) is 26.2. The third-order valence-corrected chi connectivity index (χ3v) is 5.27. The van der Waals surface area contributed by atoms with Crippen molar-refractivity contribution >= 4 is 0 Å². The van der Waals surface area contributed by atoms with Crippen LogP contribution in [0.25, 0.3) is 0 Å². The predicted octanol–water partition coefficient (Wildman–Crippen LogP) is 4.62. The van der Waals surface area contributed by atoms with E-state index in [1.165, 1.54) is 22.3 Å². The van der Waals surface area contributed by atoms with Gasteiger partial charge in [-0.2, -0.15) is 5.26 Å². The molecule has 4 atom stereocenters. The molecule has 0 radical (unpaired) electrons. The van der Waals surface area contributed by atoms with Crippen LogP contribution in [0.5, 0.6) is 0 Å². The van der Waals surface area contributed by atoms with Gasteiger partial charge in [-0.3, -0.25) is 5.32 Å². The lowest BCUT2D eigenvalue weighted by Gasteiger charge is -2.40. The third-order valence-electron chi connectivity index (χ3n) is 5.27. The topological polar surface area (TPSA) is 45.0 Å². The zero-order chi connectivity index (χ0) is 17.8. The number of piperidine rings is 1. The van der Waals surface area contributed by atoms with Gasteiger partial charge in [-0.15, -0.1) is 0 Å². The van der Waals surface area contributed by atoms with Crippen molar-refractivity contribution in [3.63, 3.8) is 0 Å². The Morgan fingerprint density at radius 2 is 1.84 bits per heavy atom. The number of rotatable bonds is 4. The van der Waals surface area contributed by atoms with Gasteiger partial charge >= 0.3 is 0 Å². The van der Waals surface area contributed by atoms with Crippen molar-refractivity contribution in [2.24, 2.45) is 5.92 Å². The summed E-state index contributed by atoms with van der Waals surface area (Å²) in [6.45, 7) is 6.85. The minimum absolute atomic E-state index is 0.163. The zero-order valence-corrected chi connectivity index (χ0v) is 15.2. The summed E-state index contributed by atoms with van der Waals surface area (Å²) < 4.78 is 5.91. The first-order chi connectivity index (χ1) is 12.1. The van der Waals surface area contributed by atoms with Crippen LogP contribution < -0.4 is 5.32 Å². The third kappa shape index (κ3) is 3.76. The van der Waals surface area contributed by atoms with Crippen LogP contribution in [0.15, 0.2) is 48.5 Å². The van der Waals surface area contributed by atoms with E-state index in [0.29, 0.717) is 6.61 Å². The molecule has 1 aliphatic rings. The number of ether oxygens (including phenoxy) is 1. The first-order valence-electron chi connectivity index (χ1n) is 9.03. The molecule has 1 saturated heterocycles. The van der Waals surface area contributed by atoms with E-state index >= 15 is 0 Å². The number of nitriles is 1. The fourth-order valence-corrected chi connectivity index (χ4v) is 3.73. The van der Waals surface area contributed by atoms with Crippen LogP contribution in [0.3, 0.4) is 0 Å². The maximum Gasteiger partial charge on any atom is 0.125 e. The first kappa shape index (κ1) is 17.7. The Morgan fingerprint density at radius 1 is 1.08 bits per heavy atom. The lowest BCUT2D eigenvalue weighted by atomic mass is 9.76. The van der Waals surface area contributed by atoms with E-state index in [0.717, 1.165) is 6.42 Å². The lowest BCUT2D eigenvalue weighted by molar-refractivity contribution is -0.0248. The summed E-state index contributed by atoms with van der Waals surface area (Å²) in [6, 6.07) is 19.7. The molecule has 1 heterocycles. The van der Waals surface area contributed by atoms with Gasteiger partial charge in [0.1, 0.15) is 6.23 Å². The number of hydrogen-bond acceptors (Lipinski definition) is 3. The van der Waals surface area contributed by atoms with Gasteiger partial charge in [-0.25, -0.2) is 0 Å². The van der Waals surface area contributed by atoms with Crippen LogP contribution in [0, 0.1) is 31.1 Å². The van der Waals surface area contributed by atoms with Crippen LogP contribution >= 0.6 is 0 Å². The minimum Gasteiger partial charge on any atom is -0.362 e. The molecule has 2 aromatic carbocycles. The fourth-order valence-electron chi connectivity index (χ4n) is 3.73. The van der Waals surface area contributed by atoms with Crippen LogP contribution in [0.1, 0.15) is 47.6 Å². The van der Waals surface area contributed by atoms with Crippen molar-refractivity contribution in [1.29, 1.82) is 5.26 Å². The summed E-state index contributed by atoms with van der Waals surface area (Å²) in [4.78, 5) is 0. The molecule has 1 fully saturated rings. The molecule has 0 amide bonds. The van der Waals surface area contributed by atoms with E-state index < -0.39 is 0 Å². The molecule has 3 nitrogen and oxygen atoms in total. The zero-order valence-electron chi connectivity index (χ0n) is 15.2. The average molecular weight is 334 g/mol. The molecule has 4 unspecified atom stereocenters. The molecule has 1 aliphatic heterocycles. The predicted molar refractivity (Wildman–Crippen MR) is 100 cm³/mol. The van der Waals surface area contributed by atoms with E-state index in [4.69, 9.17) is 4.74 Å². The Bertz CT molecular complexity index is 750. The Hall–Kier alpha value is -2.15. The maximum atomic E-state index is 9.79. The second-order valence-corrected chi connectivity index (χ2v) is 6.85. The van der Waals surface area contributed by atoms with Crippen molar-refractivity contribution in [2.75, 3.05) is 6.61 Å². The Kier molecular flexibility index (Phi) is 5.53. The molecule has 0 spiro atoms. The maximum absolute atomic E-state index is 9.79. The van der Waals surface area contributed by atoms with Gasteiger partial charge in [-0.05, 0) is 49.4 Å². The van der Waals surface area contributed by atoms with Crippen LogP contribution in [0.2, 0.25) is 0 Å². The number of benzene rings is 2. The summed E-state index contributed by atoms with van der Waals surface area (Å²) in [5.74, 6) is -0.0271. The van der Waals surface area contributed by atoms with Gasteiger partial charge in [0.25, 0.3) is 0 Å². The lowest BCUT2D eigenvalue weighted by Crippen LogP contribution is -2.48. The number of nitrogens with zero attached hydrogens (tertiary/aromatic N) is 1. The average Bonchev–Trinajstić information content (AvgIpc) is 2.64. The minimum atomic E-state index is -0.249. The summed E-state index contributed by atoms with van der Waals surface area (Å²) in [6.07, 6.45) is 0.648. The second-order valence-electron chi connectivity index (χ2n) is 6.85. The van der Waals surface area contributed by atoms with Gasteiger partial charge in [0.15, 0.2) is 0 Å².